The smallest absolute Gasteiger partial charge is 0.371 e. The number of carboxylic acids is 1. The summed E-state index contributed by atoms with van der Waals surface area (Å²) in [6.45, 7) is 0.589. The van der Waals surface area contributed by atoms with Crippen molar-refractivity contribution >= 4 is 11.9 Å². The highest BCUT2D eigenvalue weighted by molar-refractivity contribution is 5.93. The van der Waals surface area contributed by atoms with E-state index in [4.69, 9.17) is 9.52 Å². The third-order valence-corrected chi connectivity index (χ3v) is 4.10. The Labute approximate surface area is 127 Å². The molecule has 5 heteroatoms. The molecule has 1 aromatic heterocycles. The molecule has 0 saturated heterocycles. The lowest BCUT2D eigenvalue weighted by Gasteiger charge is -2.35. The summed E-state index contributed by atoms with van der Waals surface area (Å²) in [5.41, 5.74) is 1.35. The molecule has 1 heterocycles. The Morgan fingerprint density at radius 1 is 1.09 bits per heavy atom. The number of carbonyl (C=O) groups excluding carboxylic acids is 1. The van der Waals surface area contributed by atoms with Crippen LogP contribution in [-0.4, -0.2) is 23.5 Å². The van der Waals surface area contributed by atoms with E-state index < -0.39 is 5.97 Å². The zero-order valence-electron chi connectivity index (χ0n) is 12.0. The van der Waals surface area contributed by atoms with Crippen molar-refractivity contribution in [3.63, 3.8) is 0 Å². The van der Waals surface area contributed by atoms with Crippen LogP contribution < -0.4 is 5.32 Å². The van der Waals surface area contributed by atoms with Crippen LogP contribution in [0.3, 0.4) is 0 Å². The maximum atomic E-state index is 11.9. The van der Waals surface area contributed by atoms with E-state index in [-0.39, 0.29) is 17.4 Å². The molecule has 1 aliphatic carbocycles. The summed E-state index contributed by atoms with van der Waals surface area (Å²) in [6.07, 6.45) is 2.12. The SMILES string of the molecule is O=C(O)c1ccc(C(=O)NCC2CC(c3ccccc3)C2)o1. The van der Waals surface area contributed by atoms with Gasteiger partial charge in [0.15, 0.2) is 5.76 Å². The number of aromatic carboxylic acids is 1. The van der Waals surface area contributed by atoms with Crippen LogP contribution in [0.5, 0.6) is 0 Å². The standard InChI is InChI=1S/C17H17NO4/c19-16(14-6-7-15(22-14)17(20)21)18-10-11-8-13(9-11)12-4-2-1-3-5-12/h1-7,11,13H,8-10H2,(H,18,19)(H,20,21). The van der Waals surface area contributed by atoms with Crippen LogP contribution >= 0.6 is 0 Å². The molecule has 0 atom stereocenters. The highest BCUT2D eigenvalue weighted by Crippen LogP contribution is 2.41. The summed E-state index contributed by atoms with van der Waals surface area (Å²) in [4.78, 5) is 22.6. The third kappa shape index (κ3) is 3.03. The van der Waals surface area contributed by atoms with Crippen LogP contribution in [0.15, 0.2) is 46.9 Å². The van der Waals surface area contributed by atoms with Gasteiger partial charge in [0.1, 0.15) is 0 Å². The Bertz CT molecular complexity index is 671. The fourth-order valence-electron chi connectivity index (χ4n) is 2.80. The zero-order valence-corrected chi connectivity index (χ0v) is 12.0. The third-order valence-electron chi connectivity index (χ3n) is 4.10. The average Bonchev–Trinajstić information content (AvgIpc) is 2.96. The first kappa shape index (κ1) is 14.4. The normalized spacial score (nSPS) is 20.2. The summed E-state index contributed by atoms with van der Waals surface area (Å²) >= 11 is 0. The lowest BCUT2D eigenvalue weighted by atomic mass is 9.71. The molecule has 5 nitrogen and oxygen atoms in total. The van der Waals surface area contributed by atoms with E-state index in [0.29, 0.717) is 18.4 Å². The van der Waals surface area contributed by atoms with E-state index in [1.54, 1.807) is 0 Å². The predicted molar refractivity (Wildman–Crippen MR) is 79.9 cm³/mol. The number of carboxylic acid groups (broad SMARTS) is 1. The summed E-state index contributed by atoms with van der Waals surface area (Å²) < 4.78 is 4.97. The number of hydrogen-bond donors (Lipinski definition) is 2. The molecular formula is C17H17NO4. The van der Waals surface area contributed by atoms with Crippen LogP contribution in [0.1, 0.15) is 45.4 Å². The second kappa shape index (κ2) is 6.05. The number of hydrogen-bond acceptors (Lipinski definition) is 3. The average molecular weight is 299 g/mol. The number of furan rings is 1. The minimum atomic E-state index is -1.18. The monoisotopic (exact) mass is 299 g/mol. The molecule has 0 unspecified atom stereocenters. The summed E-state index contributed by atoms with van der Waals surface area (Å²) in [6, 6.07) is 13.0. The van der Waals surface area contributed by atoms with Crippen molar-refractivity contribution in [3.05, 3.63) is 59.5 Å². The Hall–Kier alpha value is -2.56. The number of carbonyl (C=O) groups is 2. The maximum Gasteiger partial charge on any atom is 0.371 e. The second-order valence-corrected chi connectivity index (χ2v) is 5.62. The van der Waals surface area contributed by atoms with Crippen LogP contribution in [0, 0.1) is 5.92 Å². The fourth-order valence-corrected chi connectivity index (χ4v) is 2.80. The quantitative estimate of drug-likeness (QED) is 0.889. The molecular weight excluding hydrogens is 282 g/mol. The molecule has 0 radical (unpaired) electrons. The topological polar surface area (TPSA) is 79.5 Å². The first-order valence-corrected chi connectivity index (χ1v) is 7.29. The first-order chi connectivity index (χ1) is 10.6. The van der Waals surface area contributed by atoms with Crippen LogP contribution in [0.25, 0.3) is 0 Å². The van der Waals surface area contributed by atoms with Crippen molar-refractivity contribution in [2.75, 3.05) is 6.54 Å². The molecule has 1 amide bonds. The van der Waals surface area contributed by atoms with Gasteiger partial charge in [-0.2, -0.15) is 0 Å². The van der Waals surface area contributed by atoms with Crippen LogP contribution in [0.2, 0.25) is 0 Å². The van der Waals surface area contributed by atoms with E-state index in [9.17, 15) is 9.59 Å². The molecule has 114 valence electrons. The van der Waals surface area contributed by atoms with E-state index >= 15 is 0 Å². The molecule has 1 saturated carbocycles. The fraction of sp³-hybridized carbons (Fsp3) is 0.294. The summed E-state index contributed by atoms with van der Waals surface area (Å²) in [5, 5.41) is 11.6. The number of nitrogens with one attached hydrogen (secondary N) is 1. The molecule has 0 spiro atoms. The summed E-state index contributed by atoms with van der Waals surface area (Å²) in [5.74, 6) is -0.693. The van der Waals surface area contributed by atoms with Gasteiger partial charge in [-0.05, 0) is 42.4 Å². The van der Waals surface area contributed by atoms with Gasteiger partial charge in [-0.25, -0.2) is 4.79 Å². The van der Waals surface area contributed by atoms with Gasteiger partial charge < -0.3 is 14.8 Å². The van der Waals surface area contributed by atoms with Crippen molar-refractivity contribution in [3.8, 4) is 0 Å². The van der Waals surface area contributed by atoms with Gasteiger partial charge in [-0.15, -0.1) is 0 Å². The van der Waals surface area contributed by atoms with Crippen molar-refractivity contribution in [1.82, 2.24) is 5.32 Å². The van der Waals surface area contributed by atoms with Gasteiger partial charge in [-0.1, -0.05) is 30.3 Å². The van der Waals surface area contributed by atoms with Crippen molar-refractivity contribution in [1.29, 1.82) is 0 Å². The molecule has 0 bridgehead atoms. The molecule has 2 N–H and O–H groups in total. The van der Waals surface area contributed by atoms with E-state index in [2.05, 4.69) is 17.4 Å². The Morgan fingerprint density at radius 3 is 2.41 bits per heavy atom. The van der Waals surface area contributed by atoms with Gasteiger partial charge in [0.25, 0.3) is 5.91 Å². The van der Waals surface area contributed by atoms with E-state index in [0.717, 1.165) is 12.8 Å². The lowest BCUT2D eigenvalue weighted by molar-refractivity contribution is 0.0659. The minimum Gasteiger partial charge on any atom is -0.475 e. The van der Waals surface area contributed by atoms with Crippen LogP contribution in [0.4, 0.5) is 0 Å². The van der Waals surface area contributed by atoms with E-state index in [1.165, 1.54) is 17.7 Å². The molecule has 1 aromatic carbocycles. The largest absolute Gasteiger partial charge is 0.475 e. The van der Waals surface area contributed by atoms with Gasteiger partial charge in [0, 0.05) is 6.54 Å². The highest BCUT2D eigenvalue weighted by Gasteiger charge is 2.30. The molecule has 3 rings (SSSR count). The number of rotatable bonds is 5. The number of amides is 1. The minimum absolute atomic E-state index is 0.0383. The van der Waals surface area contributed by atoms with E-state index in [1.807, 2.05) is 18.2 Å². The zero-order chi connectivity index (χ0) is 15.5. The van der Waals surface area contributed by atoms with Gasteiger partial charge in [0.2, 0.25) is 5.76 Å². The first-order valence-electron chi connectivity index (χ1n) is 7.29. The second-order valence-electron chi connectivity index (χ2n) is 5.62. The Balaban J connectivity index is 1.46. The number of benzene rings is 1. The predicted octanol–water partition coefficient (Wildman–Crippen LogP) is 2.90. The van der Waals surface area contributed by atoms with Crippen molar-refractivity contribution in [2.24, 2.45) is 5.92 Å². The lowest BCUT2D eigenvalue weighted by Crippen LogP contribution is -2.35. The Kier molecular flexibility index (Phi) is 3.96. The molecule has 22 heavy (non-hydrogen) atoms. The molecule has 1 aliphatic rings. The van der Waals surface area contributed by atoms with Gasteiger partial charge in [0.05, 0.1) is 0 Å². The molecule has 1 fully saturated rings. The van der Waals surface area contributed by atoms with Crippen LogP contribution in [-0.2, 0) is 0 Å². The van der Waals surface area contributed by atoms with Crippen molar-refractivity contribution < 1.29 is 19.1 Å². The van der Waals surface area contributed by atoms with Crippen molar-refractivity contribution in [2.45, 2.75) is 18.8 Å². The highest BCUT2D eigenvalue weighted by atomic mass is 16.4. The Morgan fingerprint density at radius 2 is 1.77 bits per heavy atom. The van der Waals surface area contributed by atoms with Gasteiger partial charge >= 0.3 is 5.97 Å². The summed E-state index contributed by atoms with van der Waals surface area (Å²) in [7, 11) is 0. The van der Waals surface area contributed by atoms with Gasteiger partial charge in [-0.3, -0.25) is 4.79 Å². The molecule has 2 aromatic rings. The maximum absolute atomic E-state index is 11.9. The molecule has 0 aliphatic heterocycles.